The maximum atomic E-state index is 5.41. The smallest absolute Gasteiger partial charge is 0.107 e. The van der Waals surface area contributed by atoms with Crippen LogP contribution < -0.4 is 5.32 Å². The van der Waals surface area contributed by atoms with Gasteiger partial charge in [-0.15, -0.1) is 0 Å². The number of nitrogens with zero attached hydrogens (tertiary/aromatic N) is 1. The molecular formula is C11H18N2OS2. The molecule has 0 amide bonds. The van der Waals surface area contributed by atoms with Crippen molar-refractivity contribution in [1.82, 2.24) is 10.3 Å². The number of ether oxygens (including phenoxy) is 1. The van der Waals surface area contributed by atoms with Gasteiger partial charge >= 0.3 is 0 Å². The van der Waals surface area contributed by atoms with E-state index < -0.39 is 0 Å². The van der Waals surface area contributed by atoms with E-state index in [1.54, 1.807) is 27.8 Å². The van der Waals surface area contributed by atoms with Gasteiger partial charge in [0.05, 0.1) is 6.73 Å². The molecular weight excluding hydrogens is 240 g/mol. The van der Waals surface area contributed by atoms with Crippen LogP contribution in [0, 0.1) is 5.92 Å². The Kier molecular flexibility index (Phi) is 7.67. The van der Waals surface area contributed by atoms with Gasteiger partial charge in [0.25, 0.3) is 0 Å². The van der Waals surface area contributed by atoms with E-state index in [4.69, 9.17) is 4.74 Å². The molecule has 0 saturated carbocycles. The summed E-state index contributed by atoms with van der Waals surface area (Å²) in [6.07, 6.45) is 1.80. The number of pyridine rings is 1. The van der Waals surface area contributed by atoms with Gasteiger partial charge < -0.3 is 4.74 Å². The van der Waals surface area contributed by atoms with Gasteiger partial charge in [0, 0.05) is 6.20 Å². The highest BCUT2D eigenvalue weighted by molar-refractivity contribution is 8.76. The Morgan fingerprint density at radius 1 is 1.44 bits per heavy atom. The van der Waals surface area contributed by atoms with Gasteiger partial charge in [0.2, 0.25) is 0 Å². The Morgan fingerprint density at radius 3 is 3.00 bits per heavy atom. The summed E-state index contributed by atoms with van der Waals surface area (Å²) < 4.78 is 5.41. The molecule has 0 atom stereocenters. The predicted molar refractivity (Wildman–Crippen MR) is 71.3 cm³/mol. The van der Waals surface area contributed by atoms with Gasteiger partial charge in [0.1, 0.15) is 11.0 Å². The summed E-state index contributed by atoms with van der Waals surface area (Å²) in [4.78, 5) is 4.21. The first-order chi connectivity index (χ1) is 7.79. The lowest BCUT2D eigenvalue weighted by Crippen LogP contribution is -2.22. The van der Waals surface area contributed by atoms with E-state index in [9.17, 15) is 0 Å². The van der Waals surface area contributed by atoms with Crippen LogP contribution in [0.2, 0.25) is 0 Å². The molecule has 16 heavy (non-hydrogen) atoms. The first-order valence-electron chi connectivity index (χ1n) is 5.28. The maximum Gasteiger partial charge on any atom is 0.107 e. The van der Waals surface area contributed by atoms with Crippen molar-refractivity contribution in [3.63, 3.8) is 0 Å². The van der Waals surface area contributed by atoms with E-state index in [2.05, 4.69) is 24.1 Å². The molecule has 0 fully saturated rings. The third-order valence-corrected chi connectivity index (χ3v) is 3.62. The summed E-state index contributed by atoms with van der Waals surface area (Å²) in [5.41, 5.74) is 0. The molecule has 1 rings (SSSR count). The summed E-state index contributed by atoms with van der Waals surface area (Å²) in [5.74, 6) is 1.34. The molecule has 0 aromatic carbocycles. The summed E-state index contributed by atoms with van der Waals surface area (Å²) >= 11 is 0. The Morgan fingerprint density at radius 2 is 2.31 bits per heavy atom. The molecule has 0 saturated heterocycles. The van der Waals surface area contributed by atoms with E-state index in [0.717, 1.165) is 11.6 Å². The molecule has 1 N–H and O–H groups in total. The van der Waals surface area contributed by atoms with Gasteiger partial charge in [-0.1, -0.05) is 30.7 Å². The maximum absolute atomic E-state index is 5.41. The number of hydrogen-bond donors (Lipinski definition) is 1. The fourth-order valence-electron chi connectivity index (χ4n) is 0.976. The lowest BCUT2D eigenvalue weighted by Gasteiger charge is -2.07. The SMILES string of the molecule is CC(C)CNCOCSSc1ccccn1. The number of aromatic nitrogens is 1. The van der Waals surface area contributed by atoms with Gasteiger partial charge in [-0.2, -0.15) is 0 Å². The van der Waals surface area contributed by atoms with Crippen LogP contribution in [-0.4, -0.2) is 24.2 Å². The Hall–Kier alpha value is -0.230. The average Bonchev–Trinajstić information content (AvgIpc) is 2.29. The molecule has 0 aliphatic rings. The lowest BCUT2D eigenvalue weighted by molar-refractivity contribution is 0.159. The van der Waals surface area contributed by atoms with Crippen molar-refractivity contribution in [2.24, 2.45) is 5.92 Å². The van der Waals surface area contributed by atoms with E-state index in [1.165, 1.54) is 0 Å². The van der Waals surface area contributed by atoms with E-state index in [-0.39, 0.29) is 0 Å². The molecule has 3 nitrogen and oxygen atoms in total. The Labute approximate surface area is 105 Å². The number of rotatable bonds is 8. The standard InChI is InChI=1S/C11H18N2OS2/c1-10(2)7-12-8-14-9-15-16-11-5-3-4-6-13-11/h3-6,10,12H,7-9H2,1-2H3. The normalized spacial score (nSPS) is 10.9. The van der Waals surface area contributed by atoms with Gasteiger partial charge in [0.15, 0.2) is 0 Å². The Balaban J connectivity index is 1.93. The zero-order valence-corrected chi connectivity index (χ0v) is 11.3. The highest BCUT2D eigenvalue weighted by Crippen LogP contribution is 2.28. The minimum Gasteiger partial charge on any atom is -0.355 e. The summed E-state index contributed by atoms with van der Waals surface area (Å²) in [6, 6.07) is 5.90. The molecule has 0 bridgehead atoms. The van der Waals surface area contributed by atoms with Crippen LogP contribution in [-0.2, 0) is 4.74 Å². The molecule has 1 aromatic heterocycles. The van der Waals surface area contributed by atoms with Crippen LogP contribution in [0.4, 0.5) is 0 Å². The average molecular weight is 258 g/mol. The summed E-state index contributed by atoms with van der Waals surface area (Å²) in [7, 11) is 3.29. The fraction of sp³-hybridized carbons (Fsp3) is 0.545. The molecule has 0 unspecified atom stereocenters. The van der Waals surface area contributed by atoms with Crippen molar-refractivity contribution < 1.29 is 4.74 Å². The van der Waals surface area contributed by atoms with Crippen molar-refractivity contribution in [1.29, 1.82) is 0 Å². The monoisotopic (exact) mass is 258 g/mol. The van der Waals surface area contributed by atoms with Crippen LogP contribution >= 0.6 is 21.6 Å². The highest BCUT2D eigenvalue weighted by Gasteiger charge is 1.95. The number of hydrogen-bond acceptors (Lipinski definition) is 5. The largest absolute Gasteiger partial charge is 0.355 e. The molecule has 1 aromatic rings. The second-order valence-electron chi connectivity index (χ2n) is 3.68. The van der Waals surface area contributed by atoms with Crippen molar-refractivity contribution in [2.75, 3.05) is 19.2 Å². The minimum absolute atomic E-state index is 0.619. The van der Waals surface area contributed by atoms with Crippen LogP contribution in [0.3, 0.4) is 0 Å². The van der Waals surface area contributed by atoms with Gasteiger partial charge in [-0.05, 0) is 35.4 Å². The van der Waals surface area contributed by atoms with Crippen molar-refractivity contribution in [3.8, 4) is 0 Å². The van der Waals surface area contributed by atoms with E-state index in [1.807, 2.05) is 18.2 Å². The van der Waals surface area contributed by atoms with Crippen molar-refractivity contribution in [3.05, 3.63) is 24.4 Å². The molecule has 5 heteroatoms. The minimum atomic E-state index is 0.619. The third-order valence-electron chi connectivity index (χ3n) is 1.67. The quantitative estimate of drug-likeness (QED) is 0.440. The topological polar surface area (TPSA) is 34.1 Å². The van der Waals surface area contributed by atoms with Gasteiger partial charge in [-0.25, -0.2) is 4.98 Å². The molecule has 0 radical (unpaired) electrons. The molecule has 0 spiro atoms. The predicted octanol–water partition coefficient (Wildman–Crippen LogP) is 3.00. The second-order valence-corrected chi connectivity index (χ2v) is 5.95. The first-order valence-corrected chi connectivity index (χ1v) is 7.60. The highest BCUT2D eigenvalue weighted by atomic mass is 33.1. The van der Waals surface area contributed by atoms with Crippen LogP contribution in [0.1, 0.15) is 13.8 Å². The zero-order valence-electron chi connectivity index (χ0n) is 9.68. The number of nitrogens with one attached hydrogen (secondary N) is 1. The fourth-order valence-corrected chi connectivity index (χ4v) is 2.54. The molecule has 1 heterocycles. The van der Waals surface area contributed by atoms with Crippen LogP contribution in [0.25, 0.3) is 0 Å². The van der Waals surface area contributed by atoms with Gasteiger partial charge in [-0.3, -0.25) is 5.32 Å². The van der Waals surface area contributed by atoms with Crippen molar-refractivity contribution >= 4 is 21.6 Å². The molecule has 90 valence electrons. The summed E-state index contributed by atoms with van der Waals surface area (Å²) in [5, 5.41) is 4.24. The Bertz CT molecular complexity index is 270. The van der Waals surface area contributed by atoms with E-state index >= 15 is 0 Å². The summed E-state index contributed by atoms with van der Waals surface area (Å²) in [6.45, 7) is 5.98. The first kappa shape index (κ1) is 13.8. The van der Waals surface area contributed by atoms with Crippen molar-refractivity contribution in [2.45, 2.75) is 18.9 Å². The molecule has 0 aliphatic heterocycles. The zero-order chi connectivity index (χ0) is 11.6. The van der Waals surface area contributed by atoms with Crippen LogP contribution in [0.5, 0.6) is 0 Å². The van der Waals surface area contributed by atoms with Crippen LogP contribution in [0.15, 0.2) is 29.4 Å². The van der Waals surface area contributed by atoms with E-state index in [0.29, 0.717) is 18.6 Å². The molecule has 0 aliphatic carbocycles. The second kappa shape index (κ2) is 8.87. The third kappa shape index (κ3) is 7.11. The lowest BCUT2D eigenvalue weighted by atomic mass is 10.2.